The summed E-state index contributed by atoms with van der Waals surface area (Å²) in [6.07, 6.45) is 0.467. The normalized spacial score (nSPS) is 12.7. The average molecular weight is 655 g/mol. The maximum Gasteiger partial charge on any atom is 0.252 e. The van der Waals surface area contributed by atoms with Crippen LogP contribution in [0.25, 0.3) is 0 Å². The van der Waals surface area contributed by atoms with Gasteiger partial charge in [0.2, 0.25) is 9.84 Å². The Labute approximate surface area is 274 Å². The monoisotopic (exact) mass is 654 g/mol. The van der Waals surface area contributed by atoms with Gasteiger partial charge >= 0.3 is 0 Å². The van der Waals surface area contributed by atoms with Crippen molar-refractivity contribution >= 4 is 27.3 Å². The van der Waals surface area contributed by atoms with E-state index in [1.807, 2.05) is 72.8 Å². The second-order valence-electron chi connectivity index (χ2n) is 10.9. The summed E-state index contributed by atoms with van der Waals surface area (Å²) in [5.41, 5.74) is 9.26. The van der Waals surface area contributed by atoms with Gasteiger partial charge in [-0.2, -0.15) is 0 Å². The Bertz CT molecular complexity index is 1850. The fraction of sp³-hybridized carbons (Fsp3) is 0.162. The number of hydrogen-bond acceptors (Lipinski definition) is 6. The molecule has 0 aromatic heterocycles. The molecule has 0 aliphatic heterocycles. The standard InChI is InChI=1S/C37H35ClN2O5S/c38-30-15-13-29(14-16-30)36(41)34(23-27-7-3-1-4-8-27)40-22-21-26-11-17-31(18-12-26)46(43,44)32-19-20-35(33(24-32)37(39)42)45-25-28-9-5-2-6-10-28/h1-20,24,34,36,40-41H,21-23,25H2,(H2,39,42)/t34?,36-/m1/s1. The van der Waals surface area contributed by atoms with Crippen LogP contribution in [0.5, 0.6) is 5.75 Å². The van der Waals surface area contributed by atoms with E-state index < -0.39 is 21.8 Å². The minimum absolute atomic E-state index is 0.00875. The van der Waals surface area contributed by atoms with Crippen molar-refractivity contribution in [3.8, 4) is 5.75 Å². The number of carbonyl (C=O) groups excluding carboxylic acids is 1. The molecular weight excluding hydrogens is 620 g/mol. The minimum atomic E-state index is -3.93. The van der Waals surface area contributed by atoms with Gasteiger partial charge < -0.3 is 20.9 Å². The highest BCUT2D eigenvalue weighted by Crippen LogP contribution is 2.28. The molecular formula is C37H35ClN2O5S. The molecule has 2 atom stereocenters. The summed E-state index contributed by atoms with van der Waals surface area (Å²) >= 11 is 6.05. The molecule has 5 aromatic rings. The van der Waals surface area contributed by atoms with Crippen molar-refractivity contribution in [1.82, 2.24) is 5.32 Å². The fourth-order valence-electron chi connectivity index (χ4n) is 5.16. The van der Waals surface area contributed by atoms with Gasteiger partial charge in [-0.1, -0.05) is 96.5 Å². The summed E-state index contributed by atoms with van der Waals surface area (Å²) < 4.78 is 32.7. The quantitative estimate of drug-likeness (QED) is 0.129. The molecule has 0 aliphatic rings. The number of nitrogens with two attached hydrogens (primary N) is 1. The summed E-state index contributed by atoms with van der Waals surface area (Å²) in [5.74, 6) is -0.570. The zero-order valence-electron chi connectivity index (χ0n) is 25.1. The van der Waals surface area contributed by atoms with Crippen LogP contribution >= 0.6 is 11.6 Å². The molecule has 1 amide bonds. The summed E-state index contributed by atoms with van der Waals surface area (Å²) in [6, 6.07) is 37.1. The summed E-state index contributed by atoms with van der Waals surface area (Å²) in [6.45, 7) is 0.761. The third-order valence-electron chi connectivity index (χ3n) is 7.71. The molecule has 0 saturated heterocycles. The van der Waals surface area contributed by atoms with E-state index in [0.29, 0.717) is 24.4 Å². The number of carbonyl (C=O) groups is 1. The lowest BCUT2D eigenvalue weighted by atomic mass is 9.96. The molecule has 0 spiro atoms. The molecule has 0 bridgehead atoms. The van der Waals surface area contributed by atoms with Crippen LogP contribution in [0.2, 0.25) is 5.02 Å². The fourth-order valence-corrected chi connectivity index (χ4v) is 6.57. The zero-order chi connectivity index (χ0) is 32.5. The topological polar surface area (TPSA) is 119 Å². The van der Waals surface area contributed by atoms with E-state index in [1.54, 1.807) is 36.4 Å². The Kier molecular flexibility index (Phi) is 10.9. The maximum absolute atomic E-state index is 13.5. The van der Waals surface area contributed by atoms with E-state index in [4.69, 9.17) is 22.1 Å². The lowest BCUT2D eigenvalue weighted by Crippen LogP contribution is -2.38. The van der Waals surface area contributed by atoms with Crippen molar-refractivity contribution < 1.29 is 23.1 Å². The van der Waals surface area contributed by atoms with Crippen molar-refractivity contribution in [3.05, 3.63) is 160 Å². The molecule has 0 heterocycles. The number of nitrogens with one attached hydrogen (secondary N) is 1. The molecule has 0 saturated carbocycles. The lowest BCUT2D eigenvalue weighted by Gasteiger charge is -2.25. The van der Waals surface area contributed by atoms with Crippen LogP contribution in [-0.2, 0) is 29.3 Å². The van der Waals surface area contributed by atoms with Gasteiger partial charge in [-0.25, -0.2) is 8.42 Å². The Morgan fingerprint density at radius 2 is 1.39 bits per heavy atom. The molecule has 5 rings (SSSR count). The number of halogens is 1. The molecule has 0 aliphatic carbocycles. The van der Waals surface area contributed by atoms with Crippen LogP contribution in [0.4, 0.5) is 0 Å². The minimum Gasteiger partial charge on any atom is -0.488 e. The van der Waals surface area contributed by atoms with E-state index in [1.165, 1.54) is 18.2 Å². The van der Waals surface area contributed by atoms with Gasteiger partial charge in [0.15, 0.2) is 0 Å². The van der Waals surface area contributed by atoms with Crippen LogP contribution in [-0.4, -0.2) is 32.0 Å². The van der Waals surface area contributed by atoms with Crippen LogP contribution in [0, 0.1) is 0 Å². The highest BCUT2D eigenvalue weighted by atomic mass is 35.5. The second kappa shape index (κ2) is 15.2. The van der Waals surface area contributed by atoms with Crippen molar-refractivity contribution in [3.63, 3.8) is 0 Å². The average Bonchev–Trinajstić information content (AvgIpc) is 3.08. The molecule has 4 N–H and O–H groups in total. The van der Waals surface area contributed by atoms with E-state index in [0.717, 1.165) is 22.3 Å². The largest absolute Gasteiger partial charge is 0.488 e. The number of benzene rings is 5. The first-order valence-corrected chi connectivity index (χ1v) is 16.7. The smallest absolute Gasteiger partial charge is 0.252 e. The lowest BCUT2D eigenvalue weighted by molar-refractivity contribution is 0.0995. The van der Waals surface area contributed by atoms with E-state index in [-0.39, 0.29) is 33.8 Å². The Morgan fingerprint density at radius 1 is 0.783 bits per heavy atom. The summed E-state index contributed by atoms with van der Waals surface area (Å²) in [7, 11) is -3.93. The molecule has 5 aromatic carbocycles. The van der Waals surface area contributed by atoms with Crippen molar-refractivity contribution in [2.24, 2.45) is 5.73 Å². The van der Waals surface area contributed by atoms with Gasteiger partial charge in [-0.05, 0) is 84.1 Å². The van der Waals surface area contributed by atoms with Gasteiger partial charge in [0.1, 0.15) is 12.4 Å². The number of aliphatic hydroxyl groups excluding tert-OH is 1. The first kappa shape index (κ1) is 32.9. The second-order valence-corrected chi connectivity index (χ2v) is 13.3. The summed E-state index contributed by atoms with van der Waals surface area (Å²) in [5, 5.41) is 15.3. The zero-order valence-corrected chi connectivity index (χ0v) is 26.6. The number of aliphatic hydroxyl groups is 1. The number of sulfone groups is 1. The van der Waals surface area contributed by atoms with Gasteiger partial charge in [0.25, 0.3) is 5.91 Å². The highest BCUT2D eigenvalue weighted by molar-refractivity contribution is 7.91. The highest BCUT2D eigenvalue weighted by Gasteiger charge is 2.23. The van der Waals surface area contributed by atoms with E-state index in [9.17, 15) is 18.3 Å². The molecule has 9 heteroatoms. The number of primary amides is 1. The molecule has 236 valence electrons. The van der Waals surface area contributed by atoms with Gasteiger partial charge in [0, 0.05) is 11.1 Å². The van der Waals surface area contributed by atoms with Crippen molar-refractivity contribution in [2.75, 3.05) is 6.54 Å². The molecule has 0 radical (unpaired) electrons. The van der Waals surface area contributed by atoms with Crippen LogP contribution < -0.4 is 15.8 Å². The number of hydrogen-bond donors (Lipinski definition) is 3. The Balaban J connectivity index is 1.25. The van der Waals surface area contributed by atoms with Gasteiger partial charge in [-0.3, -0.25) is 4.79 Å². The SMILES string of the molecule is NC(=O)c1cc(S(=O)(=O)c2ccc(CCNC(Cc3ccccc3)[C@H](O)c3ccc(Cl)cc3)cc2)ccc1OCc1ccccc1. The van der Waals surface area contributed by atoms with Gasteiger partial charge in [0.05, 0.1) is 21.5 Å². The first-order chi connectivity index (χ1) is 22.2. The third-order valence-corrected chi connectivity index (χ3v) is 9.73. The first-order valence-electron chi connectivity index (χ1n) is 14.9. The van der Waals surface area contributed by atoms with Gasteiger partial charge in [-0.15, -0.1) is 0 Å². The van der Waals surface area contributed by atoms with Crippen molar-refractivity contribution in [2.45, 2.75) is 41.4 Å². The molecule has 46 heavy (non-hydrogen) atoms. The van der Waals surface area contributed by atoms with Crippen molar-refractivity contribution in [1.29, 1.82) is 0 Å². The van der Waals surface area contributed by atoms with E-state index >= 15 is 0 Å². The Morgan fingerprint density at radius 3 is 2.02 bits per heavy atom. The molecule has 0 fully saturated rings. The van der Waals surface area contributed by atoms with Crippen LogP contribution in [0.15, 0.2) is 137 Å². The number of rotatable bonds is 14. The predicted molar refractivity (Wildman–Crippen MR) is 180 cm³/mol. The summed E-state index contributed by atoms with van der Waals surface area (Å²) in [4.78, 5) is 12.2. The van der Waals surface area contributed by atoms with E-state index in [2.05, 4.69) is 5.32 Å². The Hall–Kier alpha value is -4.47. The maximum atomic E-state index is 13.5. The number of amides is 1. The molecule has 7 nitrogen and oxygen atoms in total. The van der Waals surface area contributed by atoms with Crippen LogP contribution in [0.3, 0.4) is 0 Å². The van der Waals surface area contributed by atoms with Crippen LogP contribution in [0.1, 0.15) is 38.7 Å². The number of ether oxygens (including phenoxy) is 1. The molecule has 1 unspecified atom stereocenters. The third kappa shape index (κ3) is 8.41. The predicted octanol–water partition coefficient (Wildman–Crippen LogP) is 6.33.